The Hall–Kier alpha value is -2.61. The van der Waals surface area contributed by atoms with Crippen molar-refractivity contribution in [2.24, 2.45) is 0 Å². The van der Waals surface area contributed by atoms with Gasteiger partial charge >= 0.3 is 6.09 Å². The van der Waals surface area contributed by atoms with Crippen LogP contribution in [-0.2, 0) is 11.3 Å². The third kappa shape index (κ3) is 5.26. The monoisotopic (exact) mass is 320 g/mol. The Morgan fingerprint density at radius 2 is 1.91 bits per heavy atom. The number of nitrogens with one attached hydrogen (secondary N) is 2. The molecule has 8 nitrogen and oxygen atoms in total. The number of rotatable bonds is 5. The lowest BCUT2D eigenvalue weighted by molar-refractivity contribution is 0.0495. The topological polar surface area (TPSA) is 98.5 Å². The van der Waals surface area contributed by atoms with Crippen LogP contribution in [-0.4, -0.2) is 29.0 Å². The smallest absolute Gasteiger partial charge is 0.422 e. The normalized spacial score (nSPS) is 11.1. The zero-order chi connectivity index (χ0) is 16.9. The van der Waals surface area contributed by atoms with Crippen LogP contribution < -0.4 is 15.6 Å². The van der Waals surface area contributed by atoms with E-state index in [0.717, 1.165) is 11.3 Å². The van der Waals surface area contributed by atoms with Gasteiger partial charge in [0.25, 0.3) is 0 Å². The number of hydrogen-bond donors (Lipinski definition) is 2. The number of hydrazine groups is 1. The van der Waals surface area contributed by atoms with Crippen molar-refractivity contribution in [2.45, 2.75) is 32.9 Å². The Bertz CT molecular complexity index is 646. The molecule has 0 aliphatic rings. The van der Waals surface area contributed by atoms with Gasteiger partial charge in [-0.2, -0.15) is 0 Å². The van der Waals surface area contributed by atoms with Crippen molar-refractivity contribution in [3.63, 3.8) is 0 Å². The predicted molar refractivity (Wildman–Crippen MR) is 82.5 cm³/mol. The highest BCUT2D eigenvalue weighted by atomic mass is 16.6. The van der Waals surface area contributed by atoms with Gasteiger partial charge in [0, 0.05) is 5.56 Å². The SMILES string of the molecule is COc1ccc(-c2nnc(CNNC(=O)OC(C)(C)C)o2)cc1. The molecule has 2 rings (SSSR count). The molecule has 0 bridgehead atoms. The van der Waals surface area contributed by atoms with E-state index in [4.69, 9.17) is 13.9 Å². The molecule has 0 saturated carbocycles. The van der Waals surface area contributed by atoms with Crippen molar-refractivity contribution < 1.29 is 18.7 Å². The summed E-state index contributed by atoms with van der Waals surface area (Å²) >= 11 is 0. The summed E-state index contributed by atoms with van der Waals surface area (Å²) in [5, 5.41) is 7.86. The molecular formula is C15H20N4O4. The quantitative estimate of drug-likeness (QED) is 0.815. The van der Waals surface area contributed by atoms with Gasteiger partial charge < -0.3 is 13.9 Å². The van der Waals surface area contributed by atoms with Crippen LogP contribution in [0.3, 0.4) is 0 Å². The summed E-state index contributed by atoms with van der Waals surface area (Å²) in [6.07, 6.45) is -0.576. The Labute approximate surface area is 134 Å². The standard InChI is InChI=1S/C15H20N4O4/c1-15(2,3)23-14(20)19-16-9-12-17-18-13(22-12)10-5-7-11(21-4)8-6-10/h5-8,16H,9H2,1-4H3,(H,19,20). The highest BCUT2D eigenvalue weighted by Crippen LogP contribution is 2.20. The Morgan fingerprint density at radius 3 is 2.52 bits per heavy atom. The van der Waals surface area contributed by atoms with Gasteiger partial charge in [0.15, 0.2) is 0 Å². The molecule has 1 amide bonds. The molecule has 0 aliphatic carbocycles. The summed E-state index contributed by atoms with van der Waals surface area (Å²) in [4.78, 5) is 11.5. The largest absolute Gasteiger partial charge is 0.497 e. The summed E-state index contributed by atoms with van der Waals surface area (Å²) in [5.41, 5.74) is 5.29. The maximum Gasteiger partial charge on any atom is 0.422 e. The third-order valence-electron chi connectivity index (χ3n) is 2.63. The van der Waals surface area contributed by atoms with Gasteiger partial charge in [-0.25, -0.2) is 10.2 Å². The zero-order valence-electron chi connectivity index (χ0n) is 13.5. The van der Waals surface area contributed by atoms with Gasteiger partial charge in [0.2, 0.25) is 11.8 Å². The van der Waals surface area contributed by atoms with E-state index in [9.17, 15) is 4.79 Å². The number of aromatic nitrogens is 2. The summed E-state index contributed by atoms with van der Waals surface area (Å²) in [5.74, 6) is 1.48. The number of carbonyl (C=O) groups excluding carboxylic acids is 1. The first-order chi connectivity index (χ1) is 10.9. The van der Waals surface area contributed by atoms with Crippen molar-refractivity contribution in [1.82, 2.24) is 21.0 Å². The maximum atomic E-state index is 11.5. The Balaban J connectivity index is 1.86. The van der Waals surface area contributed by atoms with E-state index in [-0.39, 0.29) is 6.54 Å². The van der Waals surface area contributed by atoms with Crippen LogP contribution in [0.4, 0.5) is 4.79 Å². The van der Waals surface area contributed by atoms with Gasteiger partial charge in [-0.15, -0.1) is 10.2 Å². The fourth-order valence-corrected chi connectivity index (χ4v) is 1.67. The number of carbonyl (C=O) groups is 1. The first kappa shape index (κ1) is 16.8. The number of hydrogen-bond acceptors (Lipinski definition) is 7. The van der Waals surface area contributed by atoms with Crippen molar-refractivity contribution in [2.75, 3.05) is 7.11 Å². The molecule has 1 aromatic carbocycles. The minimum atomic E-state index is -0.576. The molecular weight excluding hydrogens is 300 g/mol. The Kier molecular flexibility index (Phi) is 5.17. The maximum absolute atomic E-state index is 11.5. The molecule has 0 unspecified atom stereocenters. The molecule has 124 valence electrons. The van der Waals surface area contributed by atoms with E-state index in [0.29, 0.717) is 11.8 Å². The van der Waals surface area contributed by atoms with Gasteiger partial charge in [-0.3, -0.25) is 5.43 Å². The average molecular weight is 320 g/mol. The van der Waals surface area contributed by atoms with Crippen molar-refractivity contribution >= 4 is 6.09 Å². The molecule has 0 spiro atoms. The second-order valence-corrected chi connectivity index (χ2v) is 5.71. The van der Waals surface area contributed by atoms with Crippen LogP contribution in [0.15, 0.2) is 28.7 Å². The van der Waals surface area contributed by atoms with Crippen LogP contribution in [0.25, 0.3) is 11.5 Å². The highest BCUT2D eigenvalue weighted by Gasteiger charge is 2.16. The summed E-state index contributed by atoms with van der Waals surface area (Å²) in [6, 6.07) is 7.26. The van der Waals surface area contributed by atoms with Crippen LogP contribution in [0.2, 0.25) is 0 Å². The number of amides is 1. The van der Waals surface area contributed by atoms with Crippen molar-refractivity contribution in [3.05, 3.63) is 30.2 Å². The second-order valence-electron chi connectivity index (χ2n) is 5.71. The third-order valence-corrected chi connectivity index (χ3v) is 2.63. The fourth-order valence-electron chi connectivity index (χ4n) is 1.67. The van der Waals surface area contributed by atoms with Gasteiger partial charge in [0.1, 0.15) is 11.4 Å². The fraction of sp³-hybridized carbons (Fsp3) is 0.400. The molecule has 8 heteroatoms. The lowest BCUT2D eigenvalue weighted by Gasteiger charge is -2.19. The molecule has 0 aliphatic heterocycles. The van der Waals surface area contributed by atoms with E-state index < -0.39 is 11.7 Å². The van der Waals surface area contributed by atoms with Crippen LogP contribution >= 0.6 is 0 Å². The number of ether oxygens (including phenoxy) is 2. The molecule has 1 aromatic heterocycles. The molecule has 2 aromatic rings. The Morgan fingerprint density at radius 1 is 1.22 bits per heavy atom. The zero-order valence-corrected chi connectivity index (χ0v) is 13.5. The van der Waals surface area contributed by atoms with Crippen LogP contribution in [0.5, 0.6) is 5.75 Å². The average Bonchev–Trinajstić information content (AvgIpc) is 2.94. The summed E-state index contributed by atoms with van der Waals surface area (Å²) in [6.45, 7) is 5.53. The van der Waals surface area contributed by atoms with Crippen molar-refractivity contribution in [1.29, 1.82) is 0 Å². The van der Waals surface area contributed by atoms with Gasteiger partial charge in [-0.1, -0.05) is 0 Å². The summed E-state index contributed by atoms with van der Waals surface area (Å²) < 4.78 is 15.7. The van der Waals surface area contributed by atoms with E-state index >= 15 is 0 Å². The molecule has 0 saturated heterocycles. The highest BCUT2D eigenvalue weighted by molar-refractivity contribution is 5.66. The van der Waals surface area contributed by atoms with Gasteiger partial charge in [-0.05, 0) is 45.0 Å². The minimum Gasteiger partial charge on any atom is -0.497 e. The first-order valence-electron chi connectivity index (χ1n) is 7.06. The number of nitrogens with zero attached hydrogens (tertiary/aromatic N) is 2. The molecule has 0 atom stereocenters. The predicted octanol–water partition coefficient (Wildman–Crippen LogP) is 2.27. The van der Waals surface area contributed by atoms with E-state index in [1.165, 1.54) is 0 Å². The lowest BCUT2D eigenvalue weighted by atomic mass is 10.2. The number of methoxy groups -OCH3 is 1. The molecule has 0 radical (unpaired) electrons. The van der Waals surface area contributed by atoms with Crippen LogP contribution in [0, 0.1) is 0 Å². The van der Waals surface area contributed by atoms with E-state index in [2.05, 4.69) is 21.0 Å². The first-order valence-corrected chi connectivity index (χ1v) is 7.06. The van der Waals surface area contributed by atoms with Crippen molar-refractivity contribution in [3.8, 4) is 17.2 Å². The minimum absolute atomic E-state index is 0.183. The van der Waals surface area contributed by atoms with E-state index in [1.54, 1.807) is 27.9 Å². The lowest BCUT2D eigenvalue weighted by Crippen LogP contribution is -2.40. The van der Waals surface area contributed by atoms with Gasteiger partial charge in [0.05, 0.1) is 13.7 Å². The molecule has 0 fully saturated rings. The molecule has 23 heavy (non-hydrogen) atoms. The van der Waals surface area contributed by atoms with Crippen LogP contribution in [0.1, 0.15) is 26.7 Å². The van der Waals surface area contributed by atoms with E-state index in [1.807, 2.05) is 24.3 Å². The second kappa shape index (κ2) is 7.10. The number of benzene rings is 1. The summed E-state index contributed by atoms with van der Waals surface area (Å²) in [7, 11) is 1.60. The molecule has 1 heterocycles. The molecule has 2 N–H and O–H groups in total.